The summed E-state index contributed by atoms with van der Waals surface area (Å²) in [5.74, 6) is 0.0809. The van der Waals surface area contributed by atoms with E-state index in [1.165, 1.54) is 6.92 Å². The Bertz CT molecular complexity index is 213. The Labute approximate surface area is 87.4 Å². The fraction of sp³-hybridized carbons (Fsp3) is 0.143. The molecule has 11 heavy (non-hydrogen) atoms. The average molecular weight is 163 g/mol. The molecule has 3 nitrogen and oxygen atoms in total. The summed E-state index contributed by atoms with van der Waals surface area (Å²) in [6, 6.07) is 3.39. The van der Waals surface area contributed by atoms with Gasteiger partial charge in [0.25, 0.3) is 0 Å². The number of aromatic nitrogens is 1. The normalized spacial score (nSPS) is 7.36. The number of hydrogen-bond acceptors (Lipinski definition) is 2. The van der Waals surface area contributed by atoms with Gasteiger partial charge >= 0.3 is 29.6 Å². The van der Waals surface area contributed by atoms with Crippen LogP contribution in [0.5, 0.6) is 0 Å². The third-order valence-electron chi connectivity index (χ3n) is 1.09. The molecule has 0 aliphatic rings. The van der Waals surface area contributed by atoms with Gasteiger partial charge in [-0.3, -0.25) is 9.78 Å². The predicted molar refractivity (Wildman–Crippen MR) is 45.0 cm³/mol. The molecule has 4 heteroatoms. The van der Waals surface area contributed by atoms with Crippen LogP contribution < -0.4 is 0 Å². The number of pyridine rings is 1. The third kappa shape index (κ3) is 4.27. The molecule has 0 aliphatic heterocycles. The van der Waals surface area contributed by atoms with Gasteiger partial charge < -0.3 is 5.48 Å². The Balaban J connectivity index is 0. The van der Waals surface area contributed by atoms with E-state index in [1.807, 2.05) is 0 Å². The summed E-state index contributed by atoms with van der Waals surface area (Å²) in [6.45, 7) is 1.54. The van der Waals surface area contributed by atoms with Gasteiger partial charge in [-0.25, -0.2) is 0 Å². The summed E-state index contributed by atoms with van der Waals surface area (Å²) >= 11 is 0. The van der Waals surface area contributed by atoms with Crippen LogP contribution in [0, 0.1) is 0 Å². The zero-order chi connectivity index (χ0) is 6.69. The van der Waals surface area contributed by atoms with Crippen LogP contribution in [0.3, 0.4) is 0 Å². The zero-order valence-electron chi connectivity index (χ0n) is 5.66. The Morgan fingerprint density at radius 3 is 2.09 bits per heavy atom. The molecular weight excluding hydrogens is 153 g/mol. The zero-order valence-corrected chi connectivity index (χ0v) is 5.66. The Hall–Kier alpha value is -0.220. The first-order valence-corrected chi connectivity index (χ1v) is 2.71. The maximum atomic E-state index is 10.6. The molecule has 0 unspecified atom stereocenters. The second-order valence-corrected chi connectivity index (χ2v) is 1.79. The number of hydrogen-bond donors (Lipinski definition) is 0. The van der Waals surface area contributed by atoms with Crippen LogP contribution in [0.1, 0.15) is 17.3 Å². The molecule has 0 saturated carbocycles. The van der Waals surface area contributed by atoms with Crippen molar-refractivity contribution in [2.24, 2.45) is 0 Å². The number of carbonyl (C=O) groups is 1. The van der Waals surface area contributed by atoms with Gasteiger partial charge in [0.05, 0.1) is 0 Å². The summed E-state index contributed by atoms with van der Waals surface area (Å²) in [5, 5.41) is 0. The molecule has 2 N–H and O–H groups in total. The second kappa shape index (κ2) is 6.49. The van der Waals surface area contributed by atoms with Crippen molar-refractivity contribution in [2.75, 3.05) is 0 Å². The molecule has 0 atom stereocenters. The maximum absolute atomic E-state index is 10.6. The van der Waals surface area contributed by atoms with Crippen molar-refractivity contribution in [2.45, 2.75) is 6.92 Å². The van der Waals surface area contributed by atoms with Crippen molar-refractivity contribution in [3.8, 4) is 0 Å². The van der Waals surface area contributed by atoms with Gasteiger partial charge in [-0.15, -0.1) is 0 Å². The van der Waals surface area contributed by atoms with Crippen LogP contribution in [0.4, 0.5) is 0 Å². The molecule has 0 saturated heterocycles. The number of carbonyl (C=O) groups excluding carboxylic acids is 1. The van der Waals surface area contributed by atoms with Gasteiger partial charge in [-0.1, -0.05) is 0 Å². The molecule has 1 aromatic rings. The van der Waals surface area contributed by atoms with E-state index in [-0.39, 0.29) is 40.8 Å². The summed E-state index contributed by atoms with van der Waals surface area (Å²) in [4.78, 5) is 14.4. The van der Waals surface area contributed by atoms with Gasteiger partial charge in [0.2, 0.25) is 0 Å². The van der Waals surface area contributed by atoms with Crippen molar-refractivity contribution in [1.29, 1.82) is 0 Å². The van der Waals surface area contributed by atoms with E-state index in [0.29, 0.717) is 5.56 Å². The molecule has 0 aliphatic carbocycles. The molecule has 1 aromatic heterocycles. The summed E-state index contributed by atoms with van der Waals surface area (Å²) in [7, 11) is 0. The monoisotopic (exact) mass is 163 g/mol. The Morgan fingerprint density at radius 1 is 1.36 bits per heavy atom. The van der Waals surface area contributed by atoms with Crippen molar-refractivity contribution in [3.63, 3.8) is 0 Å². The van der Waals surface area contributed by atoms with Crippen LogP contribution in [-0.2, 0) is 0 Å². The van der Waals surface area contributed by atoms with E-state index >= 15 is 0 Å². The standard InChI is InChI=1S/C7H7NO.Na.H2O.H/c1-6(9)7-2-4-8-5-3-7;;;/h2-5H,1H3;;1H2;. The molecule has 0 spiro atoms. The van der Waals surface area contributed by atoms with E-state index in [4.69, 9.17) is 0 Å². The minimum atomic E-state index is 0. The van der Waals surface area contributed by atoms with E-state index in [2.05, 4.69) is 4.98 Å². The topological polar surface area (TPSA) is 61.5 Å². The van der Waals surface area contributed by atoms with Crippen LogP contribution in [0.25, 0.3) is 0 Å². The summed E-state index contributed by atoms with van der Waals surface area (Å²) in [5.41, 5.74) is 0.713. The first kappa shape index (κ1) is 13.4. The first-order chi connectivity index (χ1) is 4.30. The molecule has 0 aromatic carbocycles. The second-order valence-electron chi connectivity index (χ2n) is 1.79. The Morgan fingerprint density at radius 2 is 1.82 bits per heavy atom. The van der Waals surface area contributed by atoms with Crippen molar-refractivity contribution in [3.05, 3.63) is 30.1 Å². The fourth-order valence-corrected chi connectivity index (χ4v) is 0.587. The van der Waals surface area contributed by atoms with Crippen LogP contribution in [0.15, 0.2) is 24.5 Å². The Kier molecular flexibility index (Phi) is 7.89. The molecule has 56 valence electrons. The first-order valence-electron chi connectivity index (χ1n) is 2.71. The van der Waals surface area contributed by atoms with Crippen LogP contribution in [0.2, 0.25) is 0 Å². The number of rotatable bonds is 1. The van der Waals surface area contributed by atoms with Gasteiger partial charge in [0, 0.05) is 18.0 Å². The van der Waals surface area contributed by atoms with E-state index < -0.39 is 0 Å². The molecule has 1 heterocycles. The minimum absolute atomic E-state index is 0. The number of Topliss-reactive ketones (excluding diaryl/α,β-unsaturated/α-hetero) is 1. The third-order valence-corrected chi connectivity index (χ3v) is 1.09. The van der Waals surface area contributed by atoms with Crippen LogP contribution in [-0.4, -0.2) is 45.8 Å². The molecule has 0 radical (unpaired) electrons. The van der Waals surface area contributed by atoms with Crippen molar-refractivity contribution in [1.82, 2.24) is 4.98 Å². The quantitative estimate of drug-likeness (QED) is 0.425. The molecule has 0 fully saturated rings. The summed E-state index contributed by atoms with van der Waals surface area (Å²) < 4.78 is 0. The van der Waals surface area contributed by atoms with E-state index in [0.717, 1.165) is 0 Å². The average Bonchev–Trinajstić information content (AvgIpc) is 1.90. The van der Waals surface area contributed by atoms with E-state index in [1.54, 1.807) is 24.5 Å². The molecule has 0 bridgehead atoms. The fourth-order valence-electron chi connectivity index (χ4n) is 0.587. The van der Waals surface area contributed by atoms with E-state index in [9.17, 15) is 4.79 Å². The van der Waals surface area contributed by atoms with Gasteiger partial charge in [0.15, 0.2) is 5.78 Å². The van der Waals surface area contributed by atoms with Gasteiger partial charge in [-0.05, 0) is 19.1 Å². The van der Waals surface area contributed by atoms with Crippen LogP contribution >= 0.6 is 0 Å². The van der Waals surface area contributed by atoms with Crippen molar-refractivity contribution >= 4 is 35.3 Å². The number of nitrogens with zero attached hydrogens (tertiary/aromatic N) is 1. The molecule has 0 amide bonds. The summed E-state index contributed by atoms with van der Waals surface area (Å²) in [6.07, 6.45) is 3.22. The SMILES string of the molecule is CC(=O)c1ccncc1.O.[NaH]. The van der Waals surface area contributed by atoms with Gasteiger partial charge in [0.1, 0.15) is 0 Å². The molecule has 1 rings (SSSR count). The van der Waals surface area contributed by atoms with Gasteiger partial charge in [-0.2, -0.15) is 0 Å². The van der Waals surface area contributed by atoms with Crippen molar-refractivity contribution < 1.29 is 10.3 Å². The number of ketones is 1. The molecular formula is C7H10NNaO2. The predicted octanol–water partition coefficient (Wildman–Crippen LogP) is -0.189.